The smallest absolute Gasteiger partial charge is 0.273 e. The Balaban J connectivity index is 2.13. The molecule has 20 heavy (non-hydrogen) atoms. The maximum absolute atomic E-state index is 12.0. The van der Waals surface area contributed by atoms with Gasteiger partial charge < -0.3 is 15.5 Å². The molecule has 5 nitrogen and oxygen atoms in total. The van der Waals surface area contributed by atoms with Gasteiger partial charge in [-0.15, -0.1) is 0 Å². The number of nitrogens with one attached hydrogen (secondary N) is 1. The Morgan fingerprint density at radius 3 is 2.90 bits per heavy atom. The van der Waals surface area contributed by atoms with E-state index in [1.54, 1.807) is 6.07 Å². The van der Waals surface area contributed by atoms with Crippen LogP contribution in [0.25, 0.3) is 11.5 Å². The first-order valence-electron chi connectivity index (χ1n) is 6.73. The fourth-order valence-corrected chi connectivity index (χ4v) is 2.00. The lowest BCUT2D eigenvalue weighted by Gasteiger charge is -2.10. The second-order valence-electron chi connectivity index (χ2n) is 4.79. The Labute approximate surface area is 118 Å². The number of aromatic nitrogens is 1. The van der Waals surface area contributed by atoms with E-state index in [1.807, 2.05) is 25.1 Å². The van der Waals surface area contributed by atoms with E-state index in [2.05, 4.69) is 17.2 Å². The number of carbonyl (C=O) groups is 1. The van der Waals surface area contributed by atoms with Gasteiger partial charge in [-0.3, -0.25) is 4.79 Å². The molecule has 1 atom stereocenters. The molecular formula is C15H19N3O2. The van der Waals surface area contributed by atoms with Crippen LogP contribution < -0.4 is 11.1 Å². The number of nitrogens with zero attached hydrogens (tertiary/aromatic N) is 1. The van der Waals surface area contributed by atoms with E-state index in [9.17, 15) is 4.79 Å². The molecule has 0 fully saturated rings. The highest BCUT2D eigenvalue weighted by molar-refractivity contribution is 5.92. The maximum Gasteiger partial charge on any atom is 0.273 e. The maximum atomic E-state index is 12.0. The summed E-state index contributed by atoms with van der Waals surface area (Å²) in [6.45, 7) is 4.05. The molecule has 0 bridgehead atoms. The third-order valence-electron chi connectivity index (χ3n) is 3.03. The molecule has 0 aliphatic rings. The number of nitrogens with two attached hydrogens (primary N) is 1. The highest BCUT2D eigenvalue weighted by Crippen LogP contribution is 2.24. The molecule has 0 spiro atoms. The van der Waals surface area contributed by atoms with Crippen molar-refractivity contribution < 1.29 is 9.21 Å². The van der Waals surface area contributed by atoms with Crippen LogP contribution in [0.3, 0.4) is 0 Å². The second-order valence-corrected chi connectivity index (χ2v) is 4.79. The van der Waals surface area contributed by atoms with Gasteiger partial charge in [-0.25, -0.2) is 4.98 Å². The summed E-state index contributed by atoms with van der Waals surface area (Å²) < 4.78 is 5.34. The Morgan fingerprint density at radius 2 is 2.20 bits per heavy atom. The predicted molar refractivity (Wildman–Crippen MR) is 78.2 cm³/mol. The van der Waals surface area contributed by atoms with Crippen molar-refractivity contribution in [2.45, 2.75) is 32.7 Å². The molecule has 1 amide bonds. The molecule has 0 radical (unpaired) electrons. The molecule has 3 N–H and O–H groups in total. The number of rotatable bonds is 5. The van der Waals surface area contributed by atoms with Crippen LogP contribution in [0.15, 0.2) is 34.9 Å². The van der Waals surface area contributed by atoms with Gasteiger partial charge in [0.2, 0.25) is 5.89 Å². The van der Waals surface area contributed by atoms with Gasteiger partial charge in [0, 0.05) is 11.7 Å². The average molecular weight is 273 g/mol. The monoisotopic (exact) mass is 273 g/mol. The number of hydrogen-bond acceptors (Lipinski definition) is 4. The van der Waals surface area contributed by atoms with E-state index in [-0.39, 0.29) is 17.6 Å². The summed E-state index contributed by atoms with van der Waals surface area (Å²) in [6.07, 6.45) is 3.31. The van der Waals surface area contributed by atoms with Gasteiger partial charge in [-0.2, -0.15) is 0 Å². The summed E-state index contributed by atoms with van der Waals surface area (Å²) in [7, 11) is 0. The van der Waals surface area contributed by atoms with Crippen LogP contribution in [0.5, 0.6) is 0 Å². The van der Waals surface area contributed by atoms with Gasteiger partial charge in [0.1, 0.15) is 6.26 Å². The van der Waals surface area contributed by atoms with Crippen molar-refractivity contribution in [2.75, 3.05) is 5.73 Å². The minimum absolute atomic E-state index is 0.120. The topological polar surface area (TPSA) is 81.2 Å². The minimum atomic E-state index is -0.226. The third-order valence-corrected chi connectivity index (χ3v) is 3.03. The lowest BCUT2D eigenvalue weighted by atomic mass is 10.2. The largest absolute Gasteiger partial charge is 0.444 e. The molecule has 1 aromatic carbocycles. The number of hydrogen-bond donors (Lipinski definition) is 2. The summed E-state index contributed by atoms with van der Waals surface area (Å²) in [6, 6.07) is 7.38. The number of carbonyl (C=O) groups excluding carboxylic acids is 1. The summed E-state index contributed by atoms with van der Waals surface area (Å²) in [4.78, 5) is 16.2. The zero-order chi connectivity index (χ0) is 14.5. The average Bonchev–Trinajstić information content (AvgIpc) is 2.89. The van der Waals surface area contributed by atoms with Gasteiger partial charge in [-0.05, 0) is 25.5 Å². The van der Waals surface area contributed by atoms with E-state index in [0.717, 1.165) is 12.8 Å². The SMILES string of the molecule is CCCC(C)NC(=O)c1coc(-c2ccccc2N)n1. The molecule has 0 aliphatic carbocycles. The number of anilines is 1. The molecule has 0 aliphatic heterocycles. The normalized spacial score (nSPS) is 12.1. The highest BCUT2D eigenvalue weighted by atomic mass is 16.3. The standard InChI is InChI=1S/C15H19N3O2/c1-3-6-10(2)17-14(19)13-9-20-15(18-13)11-7-4-5-8-12(11)16/h4-5,7-10H,3,6,16H2,1-2H3,(H,17,19). The first-order chi connectivity index (χ1) is 9.61. The summed E-state index contributed by atoms with van der Waals surface area (Å²) in [5.74, 6) is 0.131. The molecule has 1 heterocycles. The molecule has 1 aromatic heterocycles. The number of amides is 1. The predicted octanol–water partition coefficient (Wildman–Crippen LogP) is 2.84. The summed E-state index contributed by atoms with van der Waals surface area (Å²) in [5.41, 5.74) is 7.39. The van der Waals surface area contributed by atoms with E-state index in [1.165, 1.54) is 6.26 Å². The second kappa shape index (κ2) is 6.23. The van der Waals surface area contributed by atoms with Crippen molar-refractivity contribution in [3.63, 3.8) is 0 Å². The van der Waals surface area contributed by atoms with Crippen LogP contribution in [0.1, 0.15) is 37.2 Å². The summed E-state index contributed by atoms with van der Waals surface area (Å²) >= 11 is 0. The fourth-order valence-electron chi connectivity index (χ4n) is 2.00. The number of para-hydroxylation sites is 1. The van der Waals surface area contributed by atoms with Gasteiger partial charge in [-0.1, -0.05) is 25.5 Å². The number of benzene rings is 1. The summed E-state index contributed by atoms with van der Waals surface area (Å²) in [5, 5.41) is 2.88. The Bertz CT molecular complexity index is 592. The van der Waals surface area contributed by atoms with Gasteiger partial charge >= 0.3 is 0 Å². The van der Waals surface area contributed by atoms with Gasteiger partial charge in [0.15, 0.2) is 5.69 Å². The van der Waals surface area contributed by atoms with Crippen LogP contribution in [0.4, 0.5) is 5.69 Å². The molecule has 0 saturated carbocycles. The molecule has 5 heteroatoms. The van der Waals surface area contributed by atoms with E-state index in [0.29, 0.717) is 17.1 Å². The van der Waals surface area contributed by atoms with E-state index >= 15 is 0 Å². The van der Waals surface area contributed by atoms with Crippen molar-refractivity contribution in [3.8, 4) is 11.5 Å². The van der Waals surface area contributed by atoms with Crippen molar-refractivity contribution >= 4 is 11.6 Å². The Kier molecular flexibility index (Phi) is 4.40. The van der Waals surface area contributed by atoms with Gasteiger partial charge in [0.25, 0.3) is 5.91 Å². The number of nitrogen functional groups attached to an aromatic ring is 1. The number of oxazole rings is 1. The van der Waals surface area contributed by atoms with E-state index < -0.39 is 0 Å². The zero-order valence-corrected chi connectivity index (χ0v) is 11.7. The lowest BCUT2D eigenvalue weighted by Crippen LogP contribution is -2.32. The third kappa shape index (κ3) is 3.17. The first kappa shape index (κ1) is 14.1. The van der Waals surface area contributed by atoms with Crippen LogP contribution >= 0.6 is 0 Å². The Morgan fingerprint density at radius 1 is 1.45 bits per heavy atom. The molecule has 106 valence electrons. The fraction of sp³-hybridized carbons (Fsp3) is 0.333. The molecular weight excluding hydrogens is 254 g/mol. The van der Waals surface area contributed by atoms with Crippen molar-refractivity contribution in [1.82, 2.24) is 10.3 Å². The van der Waals surface area contributed by atoms with Crippen molar-refractivity contribution in [1.29, 1.82) is 0 Å². The van der Waals surface area contributed by atoms with Gasteiger partial charge in [0.05, 0.1) is 5.56 Å². The van der Waals surface area contributed by atoms with Crippen LogP contribution in [-0.4, -0.2) is 16.9 Å². The highest BCUT2D eigenvalue weighted by Gasteiger charge is 2.16. The van der Waals surface area contributed by atoms with Crippen molar-refractivity contribution in [2.24, 2.45) is 0 Å². The van der Waals surface area contributed by atoms with Crippen LogP contribution in [0, 0.1) is 0 Å². The van der Waals surface area contributed by atoms with Crippen LogP contribution in [0.2, 0.25) is 0 Å². The molecule has 1 unspecified atom stereocenters. The first-order valence-corrected chi connectivity index (χ1v) is 6.73. The van der Waals surface area contributed by atoms with Crippen molar-refractivity contribution in [3.05, 3.63) is 36.2 Å². The molecule has 0 saturated heterocycles. The molecule has 2 aromatic rings. The van der Waals surface area contributed by atoms with E-state index in [4.69, 9.17) is 10.2 Å². The minimum Gasteiger partial charge on any atom is -0.444 e. The lowest BCUT2D eigenvalue weighted by molar-refractivity contribution is 0.0933. The quantitative estimate of drug-likeness (QED) is 0.821. The molecule has 2 rings (SSSR count). The zero-order valence-electron chi connectivity index (χ0n) is 11.7. The Hall–Kier alpha value is -2.30. The van der Waals surface area contributed by atoms with Crippen LogP contribution in [-0.2, 0) is 0 Å².